The number of aromatic nitrogens is 6. The van der Waals surface area contributed by atoms with E-state index in [0.717, 1.165) is 0 Å². The Morgan fingerprint density at radius 1 is 1.36 bits per heavy atom. The topological polar surface area (TPSA) is 145 Å². The molecule has 3 rings (SSSR count). The van der Waals surface area contributed by atoms with E-state index in [1.807, 2.05) is 20.8 Å². The van der Waals surface area contributed by atoms with Crippen LogP contribution in [-0.2, 0) is 4.79 Å². The van der Waals surface area contributed by atoms with Gasteiger partial charge in [0.15, 0.2) is 5.65 Å². The molecule has 0 saturated heterocycles. The monoisotopic (exact) mass is 466 g/mol. The number of carbonyl (C=O) groups is 1. The fraction of sp³-hybridized carbons (Fsp3) is 0.375. The highest BCUT2D eigenvalue weighted by molar-refractivity contribution is 9.10. The van der Waals surface area contributed by atoms with Crippen molar-refractivity contribution in [2.45, 2.75) is 31.0 Å². The predicted octanol–water partition coefficient (Wildman–Crippen LogP) is 2.64. The van der Waals surface area contributed by atoms with Crippen LogP contribution in [0.3, 0.4) is 0 Å². The number of fused-ring (bicyclic) bond motifs is 1. The second kappa shape index (κ2) is 8.69. The van der Waals surface area contributed by atoms with Crippen LogP contribution in [0, 0.1) is 5.92 Å². The largest absolute Gasteiger partial charge is 0.477 e. The minimum Gasteiger partial charge on any atom is -0.477 e. The number of nitrogens with one attached hydrogen (secondary N) is 2. The van der Waals surface area contributed by atoms with Crippen molar-refractivity contribution in [3.05, 3.63) is 17.0 Å². The maximum Gasteiger partial charge on any atom is 0.240 e. The fourth-order valence-electron chi connectivity index (χ4n) is 2.35. The minimum atomic E-state index is -0.469. The SMILES string of the molecule is CCOc1nc(NC(=O)C(Sc2nc(N)nc3nc[nH]c23)C(C)C)ncc1Br. The second-order valence-corrected chi connectivity index (χ2v) is 8.02. The van der Waals surface area contributed by atoms with Gasteiger partial charge < -0.3 is 15.5 Å². The maximum absolute atomic E-state index is 12.9. The van der Waals surface area contributed by atoms with Gasteiger partial charge in [-0.3, -0.25) is 10.1 Å². The Morgan fingerprint density at radius 2 is 2.14 bits per heavy atom. The van der Waals surface area contributed by atoms with Crippen LogP contribution in [-0.4, -0.2) is 47.7 Å². The number of imidazole rings is 1. The summed E-state index contributed by atoms with van der Waals surface area (Å²) in [5.74, 6) is 0.374. The first-order chi connectivity index (χ1) is 13.4. The van der Waals surface area contributed by atoms with E-state index < -0.39 is 5.25 Å². The van der Waals surface area contributed by atoms with Gasteiger partial charge in [-0.15, -0.1) is 0 Å². The number of anilines is 2. The molecule has 0 aliphatic carbocycles. The number of halogens is 1. The van der Waals surface area contributed by atoms with Gasteiger partial charge >= 0.3 is 0 Å². The van der Waals surface area contributed by atoms with Gasteiger partial charge in [0.1, 0.15) is 10.5 Å². The van der Waals surface area contributed by atoms with Crippen molar-refractivity contribution in [1.29, 1.82) is 0 Å². The molecule has 148 valence electrons. The van der Waals surface area contributed by atoms with Crippen LogP contribution in [0.5, 0.6) is 5.88 Å². The van der Waals surface area contributed by atoms with Crippen molar-refractivity contribution in [2.75, 3.05) is 17.7 Å². The molecular formula is C16H19BrN8O2S. The first-order valence-corrected chi connectivity index (χ1v) is 10.2. The number of carbonyl (C=O) groups excluding carboxylic acids is 1. The van der Waals surface area contributed by atoms with E-state index in [1.54, 1.807) is 0 Å². The van der Waals surface area contributed by atoms with Crippen LogP contribution < -0.4 is 15.8 Å². The molecule has 4 N–H and O–H groups in total. The highest BCUT2D eigenvalue weighted by Crippen LogP contribution is 2.32. The molecule has 0 fully saturated rings. The van der Waals surface area contributed by atoms with E-state index in [2.05, 4.69) is 51.2 Å². The number of ether oxygens (including phenoxy) is 1. The molecule has 0 bridgehead atoms. The minimum absolute atomic E-state index is 0.000900. The number of hydrogen-bond acceptors (Lipinski definition) is 9. The van der Waals surface area contributed by atoms with Crippen molar-refractivity contribution in [1.82, 2.24) is 29.9 Å². The third-order valence-corrected chi connectivity index (χ3v) is 5.68. The number of nitrogens with two attached hydrogens (primary N) is 1. The Labute approximate surface area is 173 Å². The summed E-state index contributed by atoms with van der Waals surface area (Å²) in [6.45, 7) is 6.19. The number of nitrogens with zero attached hydrogens (tertiary/aromatic N) is 5. The van der Waals surface area contributed by atoms with E-state index in [4.69, 9.17) is 10.5 Å². The van der Waals surface area contributed by atoms with Crippen molar-refractivity contribution in [3.8, 4) is 5.88 Å². The highest BCUT2D eigenvalue weighted by atomic mass is 79.9. The molecule has 3 aromatic heterocycles. The van der Waals surface area contributed by atoms with E-state index in [9.17, 15) is 4.79 Å². The zero-order valence-corrected chi connectivity index (χ0v) is 17.8. The third-order valence-electron chi connectivity index (χ3n) is 3.60. The fourth-order valence-corrected chi connectivity index (χ4v) is 3.75. The molecule has 0 aromatic carbocycles. The number of thioether (sulfide) groups is 1. The summed E-state index contributed by atoms with van der Waals surface area (Å²) >= 11 is 4.60. The molecule has 28 heavy (non-hydrogen) atoms. The Balaban J connectivity index is 1.83. The molecule has 3 aromatic rings. The van der Waals surface area contributed by atoms with E-state index in [0.29, 0.717) is 33.1 Å². The van der Waals surface area contributed by atoms with Crippen LogP contribution in [0.1, 0.15) is 20.8 Å². The lowest BCUT2D eigenvalue weighted by Crippen LogP contribution is -2.30. The molecule has 1 atom stereocenters. The molecule has 10 nitrogen and oxygen atoms in total. The van der Waals surface area contributed by atoms with Gasteiger partial charge in [0.05, 0.1) is 28.9 Å². The number of amides is 1. The first-order valence-electron chi connectivity index (χ1n) is 8.48. The van der Waals surface area contributed by atoms with Crippen molar-refractivity contribution >= 4 is 56.7 Å². The molecule has 3 heterocycles. The van der Waals surface area contributed by atoms with Crippen molar-refractivity contribution in [2.24, 2.45) is 5.92 Å². The number of H-pyrrole nitrogens is 1. The van der Waals surface area contributed by atoms with Crippen molar-refractivity contribution in [3.63, 3.8) is 0 Å². The quantitative estimate of drug-likeness (QED) is 0.353. The number of hydrogen-bond donors (Lipinski definition) is 3. The lowest BCUT2D eigenvalue weighted by Gasteiger charge is -2.19. The summed E-state index contributed by atoms with van der Waals surface area (Å²) in [7, 11) is 0. The van der Waals surface area contributed by atoms with Gasteiger partial charge in [0.2, 0.25) is 23.7 Å². The first kappa shape index (κ1) is 20.3. The molecule has 12 heteroatoms. The number of nitrogen functional groups attached to an aromatic ring is 1. The average Bonchev–Trinajstić information content (AvgIpc) is 3.10. The second-order valence-electron chi connectivity index (χ2n) is 6.04. The number of rotatable bonds is 7. The van der Waals surface area contributed by atoms with Gasteiger partial charge in [-0.05, 0) is 28.8 Å². The lowest BCUT2D eigenvalue weighted by molar-refractivity contribution is -0.116. The molecular weight excluding hydrogens is 448 g/mol. The van der Waals surface area contributed by atoms with Crippen LogP contribution in [0.15, 0.2) is 22.0 Å². The molecule has 0 spiro atoms. The van der Waals surface area contributed by atoms with Gasteiger partial charge in [0.25, 0.3) is 0 Å². The van der Waals surface area contributed by atoms with Crippen LogP contribution in [0.25, 0.3) is 11.2 Å². The molecule has 0 saturated carbocycles. The molecule has 1 unspecified atom stereocenters. The Bertz CT molecular complexity index is 996. The van der Waals surface area contributed by atoms with Crippen LogP contribution >= 0.6 is 27.7 Å². The standard InChI is InChI=1S/C16H19BrN8O2S/c1-4-27-13-8(17)5-19-16(24-13)23-12(26)10(7(2)3)28-14-9-11(21-6-20-9)22-15(18)25-14/h5-7,10H,4H2,1-3H3,(H,19,23,24,26)(H3,18,20,21,22,25). The highest BCUT2D eigenvalue weighted by Gasteiger charge is 2.27. The third kappa shape index (κ3) is 4.50. The van der Waals surface area contributed by atoms with Gasteiger partial charge in [0, 0.05) is 0 Å². The predicted molar refractivity (Wildman–Crippen MR) is 110 cm³/mol. The van der Waals surface area contributed by atoms with E-state index in [1.165, 1.54) is 24.3 Å². The molecule has 0 radical (unpaired) electrons. The Kier molecular flexibility index (Phi) is 6.29. The Hall–Kier alpha value is -2.47. The summed E-state index contributed by atoms with van der Waals surface area (Å²) in [6, 6.07) is 0. The van der Waals surface area contributed by atoms with Crippen LogP contribution in [0.2, 0.25) is 0 Å². The molecule has 0 aliphatic heterocycles. The van der Waals surface area contributed by atoms with Gasteiger partial charge in [-0.1, -0.05) is 25.6 Å². The van der Waals surface area contributed by atoms with Crippen LogP contribution in [0.4, 0.5) is 11.9 Å². The number of aromatic amines is 1. The average molecular weight is 467 g/mol. The Morgan fingerprint density at radius 3 is 2.86 bits per heavy atom. The summed E-state index contributed by atoms with van der Waals surface area (Å²) in [5.41, 5.74) is 6.86. The van der Waals surface area contributed by atoms with Crippen molar-refractivity contribution < 1.29 is 9.53 Å². The van der Waals surface area contributed by atoms with Gasteiger partial charge in [-0.2, -0.15) is 9.97 Å². The molecule has 1 amide bonds. The van der Waals surface area contributed by atoms with Gasteiger partial charge in [-0.25, -0.2) is 15.0 Å². The smallest absolute Gasteiger partial charge is 0.240 e. The molecule has 0 aliphatic rings. The maximum atomic E-state index is 12.9. The lowest BCUT2D eigenvalue weighted by atomic mass is 10.1. The summed E-state index contributed by atoms with van der Waals surface area (Å²) in [6.07, 6.45) is 3.04. The summed E-state index contributed by atoms with van der Waals surface area (Å²) in [5, 5.41) is 2.83. The normalized spacial score (nSPS) is 12.3. The van der Waals surface area contributed by atoms with E-state index in [-0.39, 0.29) is 23.7 Å². The summed E-state index contributed by atoms with van der Waals surface area (Å²) < 4.78 is 6.03. The zero-order valence-electron chi connectivity index (χ0n) is 15.4. The van der Waals surface area contributed by atoms with E-state index >= 15 is 0 Å². The summed E-state index contributed by atoms with van der Waals surface area (Å²) in [4.78, 5) is 36.7. The zero-order chi connectivity index (χ0) is 20.3.